The molecule has 2 aromatic carbocycles. The van der Waals surface area contributed by atoms with Crippen molar-refractivity contribution in [3.8, 4) is 5.75 Å². The van der Waals surface area contributed by atoms with Crippen LogP contribution in [-0.2, 0) is 0 Å². The topological polar surface area (TPSA) is 76.0 Å². The number of hydrogen-bond acceptors (Lipinski definition) is 4. The van der Waals surface area contributed by atoms with Gasteiger partial charge in [0.1, 0.15) is 5.75 Å². The van der Waals surface area contributed by atoms with E-state index < -0.39 is 0 Å². The van der Waals surface area contributed by atoms with Crippen LogP contribution in [0, 0.1) is 0 Å². The summed E-state index contributed by atoms with van der Waals surface area (Å²) in [5.41, 5.74) is 8.85. The lowest BCUT2D eigenvalue weighted by molar-refractivity contribution is 0.415. The van der Waals surface area contributed by atoms with Crippen LogP contribution in [0.3, 0.4) is 0 Å². The molecule has 3 rings (SSSR count). The molecule has 0 aliphatic rings. The second-order valence-electron chi connectivity index (χ2n) is 4.33. The highest BCUT2D eigenvalue weighted by Gasteiger charge is 2.07. The van der Waals surface area contributed by atoms with E-state index in [4.69, 9.17) is 22.1 Å². The maximum absolute atomic E-state index is 6.15. The van der Waals surface area contributed by atoms with Crippen molar-refractivity contribution in [2.45, 2.75) is 0 Å². The van der Waals surface area contributed by atoms with Crippen molar-refractivity contribution in [3.63, 3.8) is 0 Å². The zero-order chi connectivity index (χ0) is 14.1. The minimum atomic E-state index is 0.589. The van der Waals surface area contributed by atoms with Gasteiger partial charge in [-0.25, -0.2) is 4.98 Å². The number of ether oxygens (including phenoxy) is 1. The van der Waals surface area contributed by atoms with E-state index in [2.05, 4.69) is 15.3 Å². The fraction of sp³-hybridized carbons (Fsp3) is 0.0714. The van der Waals surface area contributed by atoms with Gasteiger partial charge in [-0.1, -0.05) is 11.6 Å². The lowest BCUT2D eigenvalue weighted by Crippen LogP contribution is -1.94. The van der Waals surface area contributed by atoms with E-state index in [1.54, 1.807) is 19.2 Å². The zero-order valence-electron chi connectivity index (χ0n) is 10.8. The van der Waals surface area contributed by atoms with Gasteiger partial charge in [0.05, 0.1) is 28.9 Å². The fourth-order valence-corrected chi connectivity index (χ4v) is 2.11. The Morgan fingerprint density at radius 2 is 2.10 bits per heavy atom. The van der Waals surface area contributed by atoms with Crippen LogP contribution in [0.25, 0.3) is 11.0 Å². The van der Waals surface area contributed by atoms with Crippen molar-refractivity contribution >= 4 is 40.0 Å². The Balaban J connectivity index is 1.96. The van der Waals surface area contributed by atoms with E-state index in [0.29, 0.717) is 16.7 Å². The van der Waals surface area contributed by atoms with Gasteiger partial charge >= 0.3 is 0 Å². The summed E-state index contributed by atoms with van der Waals surface area (Å²) in [5.74, 6) is 1.32. The minimum Gasteiger partial charge on any atom is -0.497 e. The quantitative estimate of drug-likeness (QED) is 0.644. The number of fused-ring (bicyclic) bond motifs is 1. The highest BCUT2D eigenvalue weighted by atomic mass is 35.5. The molecule has 1 heterocycles. The predicted molar refractivity (Wildman–Crippen MR) is 81.8 cm³/mol. The van der Waals surface area contributed by atoms with Crippen molar-refractivity contribution in [3.05, 3.63) is 41.4 Å². The third-order valence-corrected chi connectivity index (χ3v) is 3.26. The third-order valence-electron chi connectivity index (χ3n) is 2.93. The van der Waals surface area contributed by atoms with Crippen LogP contribution < -0.4 is 15.8 Å². The largest absolute Gasteiger partial charge is 0.497 e. The van der Waals surface area contributed by atoms with Crippen molar-refractivity contribution in [2.24, 2.45) is 0 Å². The molecule has 0 unspecified atom stereocenters. The molecular formula is C14H13ClN4O. The summed E-state index contributed by atoms with van der Waals surface area (Å²) in [5, 5.41) is 3.73. The fourth-order valence-electron chi connectivity index (χ4n) is 1.94. The summed E-state index contributed by atoms with van der Waals surface area (Å²) in [4.78, 5) is 7.57. The SMILES string of the molecule is COc1ccc(Cl)c(Nc2nc3ccc(N)cc3[nH]2)c1. The second-order valence-corrected chi connectivity index (χ2v) is 4.74. The van der Waals surface area contributed by atoms with Gasteiger partial charge in [-0.2, -0.15) is 0 Å². The maximum Gasteiger partial charge on any atom is 0.205 e. The molecule has 0 amide bonds. The standard InChI is InChI=1S/C14H13ClN4O/c1-20-9-3-4-10(15)12(7-9)18-14-17-11-5-2-8(16)6-13(11)19-14/h2-7H,16H2,1H3,(H2,17,18,19). The summed E-state index contributed by atoms with van der Waals surface area (Å²) in [6.07, 6.45) is 0. The molecule has 0 radical (unpaired) electrons. The van der Waals surface area contributed by atoms with E-state index in [0.717, 1.165) is 22.5 Å². The molecule has 0 aliphatic carbocycles. The van der Waals surface area contributed by atoms with E-state index in [1.165, 1.54) is 0 Å². The van der Waals surface area contributed by atoms with Gasteiger partial charge in [0.25, 0.3) is 0 Å². The summed E-state index contributed by atoms with van der Waals surface area (Å²) in [6, 6.07) is 10.9. The smallest absolute Gasteiger partial charge is 0.205 e. The first kappa shape index (κ1) is 12.6. The number of nitrogen functional groups attached to an aromatic ring is 1. The van der Waals surface area contributed by atoms with Crippen LogP contribution >= 0.6 is 11.6 Å². The molecule has 1 aromatic heterocycles. The second kappa shape index (κ2) is 4.94. The van der Waals surface area contributed by atoms with Crippen LogP contribution in [0.1, 0.15) is 0 Å². The Morgan fingerprint density at radius 1 is 1.25 bits per heavy atom. The number of nitrogens with one attached hydrogen (secondary N) is 2. The number of benzene rings is 2. The molecule has 5 nitrogen and oxygen atoms in total. The van der Waals surface area contributed by atoms with Crippen LogP contribution in [0.4, 0.5) is 17.3 Å². The number of nitrogens with zero attached hydrogens (tertiary/aromatic N) is 1. The molecule has 20 heavy (non-hydrogen) atoms. The molecule has 3 aromatic rings. The highest BCUT2D eigenvalue weighted by molar-refractivity contribution is 6.33. The summed E-state index contributed by atoms with van der Waals surface area (Å²) in [6.45, 7) is 0. The van der Waals surface area contributed by atoms with Crippen molar-refractivity contribution < 1.29 is 4.74 Å². The number of hydrogen-bond donors (Lipinski definition) is 3. The molecule has 102 valence electrons. The van der Waals surface area contributed by atoms with Crippen LogP contribution in [0.5, 0.6) is 5.75 Å². The Bertz CT molecular complexity index is 769. The molecular weight excluding hydrogens is 276 g/mol. The maximum atomic E-state index is 6.15. The van der Waals surface area contributed by atoms with Gasteiger partial charge in [0.15, 0.2) is 0 Å². The van der Waals surface area contributed by atoms with Gasteiger partial charge in [0, 0.05) is 11.8 Å². The molecule has 0 fully saturated rings. The zero-order valence-corrected chi connectivity index (χ0v) is 11.5. The van der Waals surface area contributed by atoms with E-state index in [-0.39, 0.29) is 0 Å². The number of aromatic amines is 1. The number of nitrogens with two attached hydrogens (primary N) is 1. The molecule has 0 aliphatic heterocycles. The molecule has 0 spiro atoms. The Labute approximate surface area is 120 Å². The van der Waals surface area contributed by atoms with Gasteiger partial charge < -0.3 is 20.8 Å². The average Bonchev–Trinajstić information content (AvgIpc) is 2.82. The van der Waals surface area contributed by atoms with Crippen molar-refractivity contribution in [1.29, 1.82) is 0 Å². The molecule has 6 heteroatoms. The molecule has 0 atom stereocenters. The molecule has 0 bridgehead atoms. The van der Waals surface area contributed by atoms with Gasteiger partial charge in [-0.05, 0) is 30.3 Å². The highest BCUT2D eigenvalue weighted by Crippen LogP contribution is 2.29. The lowest BCUT2D eigenvalue weighted by Gasteiger charge is -2.07. The number of halogens is 1. The van der Waals surface area contributed by atoms with Gasteiger partial charge in [0.2, 0.25) is 5.95 Å². The van der Waals surface area contributed by atoms with Crippen molar-refractivity contribution in [1.82, 2.24) is 9.97 Å². The Kier molecular flexibility index (Phi) is 3.12. The minimum absolute atomic E-state index is 0.589. The predicted octanol–water partition coefficient (Wildman–Crippen LogP) is 3.55. The van der Waals surface area contributed by atoms with Crippen LogP contribution in [0.2, 0.25) is 5.02 Å². The third kappa shape index (κ3) is 2.35. The van der Waals surface area contributed by atoms with Gasteiger partial charge in [-0.15, -0.1) is 0 Å². The van der Waals surface area contributed by atoms with E-state index in [1.807, 2.05) is 24.3 Å². The number of anilines is 3. The molecule has 0 saturated carbocycles. The first-order valence-electron chi connectivity index (χ1n) is 6.01. The number of rotatable bonds is 3. The monoisotopic (exact) mass is 288 g/mol. The first-order valence-corrected chi connectivity index (χ1v) is 6.39. The summed E-state index contributed by atoms with van der Waals surface area (Å²) in [7, 11) is 1.61. The van der Waals surface area contributed by atoms with Crippen LogP contribution in [-0.4, -0.2) is 17.1 Å². The van der Waals surface area contributed by atoms with Gasteiger partial charge in [-0.3, -0.25) is 0 Å². The van der Waals surface area contributed by atoms with E-state index in [9.17, 15) is 0 Å². The first-order chi connectivity index (χ1) is 9.65. The molecule has 4 N–H and O–H groups in total. The number of aromatic nitrogens is 2. The lowest BCUT2D eigenvalue weighted by atomic mass is 10.3. The Hall–Kier alpha value is -2.40. The summed E-state index contributed by atoms with van der Waals surface area (Å²) < 4.78 is 5.18. The summed E-state index contributed by atoms with van der Waals surface area (Å²) >= 11 is 6.15. The normalized spacial score (nSPS) is 10.7. The van der Waals surface area contributed by atoms with E-state index >= 15 is 0 Å². The average molecular weight is 289 g/mol. The molecule has 0 saturated heterocycles. The number of imidazole rings is 1. The number of methoxy groups -OCH3 is 1. The van der Waals surface area contributed by atoms with Crippen LogP contribution in [0.15, 0.2) is 36.4 Å². The number of H-pyrrole nitrogens is 1. The Morgan fingerprint density at radius 3 is 2.90 bits per heavy atom. The van der Waals surface area contributed by atoms with Crippen molar-refractivity contribution in [2.75, 3.05) is 18.2 Å².